The third-order valence-corrected chi connectivity index (χ3v) is 4.14. The molecule has 1 fully saturated rings. The van der Waals surface area contributed by atoms with Gasteiger partial charge in [0.1, 0.15) is 6.33 Å². The number of aromatic nitrogens is 2. The number of hydrogen-bond donors (Lipinski definition) is 0. The summed E-state index contributed by atoms with van der Waals surface area (Å²) < 4.78 is 11.1. The van der Waals surface area contributed by atoms with Crippen LogP contribution in [0, 0.1) is 0 Å². The number of nitrogens with zero attached hydrogens (tertiary/aromatic N) is 4. The van der Waals surface area contributed by atoms with Gasteiger partial charge >= 0.3 is 6.03 Å². The summed E-state index contributed by atoms with van der Waals surface area (Å²) in [6.07, 6.45) is 3.09. The number of amides is 2. The molecule has 0 saturated carbocycles. The molecule has 3 rings (SSSR count). The van der Waals surface area contributed by atoms with Crippen LogP contribution in [0.2, 0.25) is 0 Å². The molecule has 0 aromatic carbocycles. The van der Waals surface area contributed by atoms with E-state index in [2.05, 4.69) is 9.97 Å². The molecule has 23 heavy (non-hydrogen) atoms. The summed E-state index contributed by atoms with van der Waals surface area (Å²) >= 11 is 0. The maximum absolute atomic E-state index is 12.6. The van der Waals surface area contributed by atoms with Crippen molar-refractivity contribution in [2.24, 2.45) is 0 Å². The van der Waals surface area contributed by atoms with Gasteiger partial charge in [0.2, 0.25) is 5.88 Å². The molecular weight excluding hydrogens is 296 g/mol. The molecule has 0 radical (unpaired) electrons. The van der Waals surface area contributed by atoms with E-state index in [-0.39, 0.29) is 12.1 Å². The Hall–Kier alpha value is -1.89. The highest BCUT2D eigenvalue weighted by Gasteiger charge is 2.26. The lowest BCUT2D eigenvalue weighted by molar-refractivity contribution is 0.0436. The van der Waals surface area contributed by atoms with E-state index in [4.69, 9.17) is 9.47 Å². The van der Waals surface area contributed by atoms with Gasteiger partial charge < -0.3 is 19.3 Å². The van der Waals surface area contributed by atoms with Crippen LogP contribution in [-0.4, -0.2) is 71.3 Å². The number of hydrogen-bond acceptors (Lipinski definition) is 5. The fourth-order valence-corrected chi connectivity index (χ4v) is 2.97. The largest absolute Gasteiger partial charge is 0.475 e. The molecule has 1 saturated heterocycles. The van der Waals surface area contributed by atoms with Gasteiger partial charge in [0.05, 0.1) is 25.0 Å². The van der Waals surface area contributed by atoms with E-state index in [0.29, 0.717) is 45.3 Å². The molecule has 3 heterocycles. The first-order valence-corrected chi connectivity index (χ1v) is 8.26. The summed E-state index contributed by atoms with van der Waals surface area (Å²) in [4.78, 5) is 25.1. The second-order valence-corrected chi connectivity index (χ2v) is 6.14. The molecule has 0 N–H and O–H groups in total. The fraction of sp³-hybridized carbons (Fsp3) is 0.688. The van der Waals surface area contributed by atoms with E-state index in [9.17, 15) is 4.79 Å². The maximum atomic E-state index is 12.6. The fourth-order valence-electron chi connectivity index (χ4n) is 2.97. The van der Waals surface area contributed by atoms with Gasteiger partial charge in [0, 0.05) is 38.2 Å². The highest BCUT2D eigenvalue weighted by Crippen LogP contribution is 2.23. The van der Waals surface area contributed by atoms with Crippen molar-refractivity contribution in [3.8, 4) is 5.88 Å². The molecule has 126 valence electrons. The number of fused-ring (bicyclic) bond motifs is 1. The first kappa shape index (κ1) is 16.0. The Morgan fingerprint density at radius 1 is 1.13 bits per heavy atom. The predicted octanol–water partition coefficient (Wildman–Crippen LogP) is 1.12. The molecule has 2 amide bonds. The lowest BCUT2D eigenvalue weighted by Gasteiger charge is -2.32. The van der Waals surface area contributed by atoms with Crippen molar-refractivity contribution in [2.45, 2.75) is 32.8 Å². The van der Waals surface area contributed by atoms with E-state index in [1.54, 1.807) is 6.33 Å². The Morgan fingerprint density at radius 3 is 2.57 bits per heavy atom. The van der Waals surface area contributed by atoms with Crippen LogP contribution in [0.5, 0.6) is 5.88 Å². The Kier molecular flexibility index (Phi) is 4.95. The van der Waals surface area contributed by atoms with Gasteiger partial charge in [0.25, 0.3) is 0 Å². The number of morpholine rings is 1. The summed E-state index contributed by atoms with van der Waals surface area (Å²) in [5, 5.41) is 0. The minimum Gasteiger partial charge on any atom is -0.475 e. The lowest BCUT2D eigenvalue weighted by Crippen LogP contribution is -2.48. The number of carbonyl (C=O) groups excluding carboxylic acids is 1. The van der Waals surface area contributed by atoms with Crippen LogP contribution in [0.1, 0.15) is 25.1 Å². The topological polar surface area (TPSA) is 67.8 Å². The number of rotatable bonds is 2. The Labute approximate surface area is 136 Å². The standard InChI is InChI=1S/C16H24N4O3/c1-12(2)23-15-13-3-5-19(6-4-14(13)17-11-18-15)16(21)20-7-9-22-10-8-20/h11-12H,3-10H2,1-2H3. The second kappa shape index (κ2) is 7.12. The second-order valence-electron chi connectivity index (χ2n) is 6.14. The highest BCUT2D eigenvalue weighted by molar-refractivity contribution is 5.74. The molecule has 7 heteroatoms. The van der Waals surface area contributed by atoms with E-state index in [1.165, 1.54) is 0 Å². The Balaban J connectivity index is 1.70. The smallest absolute Gasteiger partial charge is 0.320 e. The SMILES string of the molecule is CC(C)Oc1ncnc2c1CCN(C(=O)N1CCOCC1)CC2. The number of ether oxygens (including phenoxy) is 2. The molecular formula is C16H24N4O3. The maximum Gasteiger partial charge on any atom is 0.320 e. The van der Waals surface area contributed by atoms with Gasteiger partial charge in [0.15, 0.2) is 0 Å². The summed E-state index contributed by atoms with van der Waals surface area (Å²) in [6, 6.07) is 0.0976. The van der Waals surface area contributed by atoms with Crippen molar-refractivity contribution in [3.05, 3.63) is 17.6 Å². The Bertz CT molecular complexity index is 558. The van der Waals surface area contributed by atoms with Gasteiger partial charge in [-0.3, -0.25) is 0 Å². The summed E-state index contributed by atoms with van der Waals surface area (Å²) in [5.41, 5.74) is 2.03. The normalized spacial score (nSPS) is 18.6. The van der Waals surface area contributed by atoms with E-state index >= 15 is 0 Å². The highest BCUT2D eigenvalue weighted by atomic mass is 16.5. The zero-order valence-corrected chi connectivity index (χ0v) is 13.8. The minimum atomic E-state index is 0.0725. The average molecular weight is 320 g/mol. The summed E-state index contributed by atoms with van der Waals surface area (Å²) in [5.74, 6) is 0.658. The van der Waals surface area contributed by atoms with Crippen molar-refractivity contribution in [3.63, 3.8) is 0 Å². The van der Waals surface area contributed by atoms with Crippen LogP contribution in [0.25, 0.3) is 0 Å². The quantitative estimate of drug-likeness (QED) is 0.817. The van der Waals surface area contributed by atoms with Crippen LogP contribution in [0.15, 0.2) is 6.33 Å². The van der Waals surface area contributed by atoms with Crippen LogP contribution in [-0.2, 0) is 17.6 Å². The molecule has 1 aromatic heterocycles. The summed E-state index contributed by atoms with van der Waals surface area (Å²) in [6.45, 7) is 7.91. The first-order valence-electron chi connectivity index (χ1n) is 8.26. The summed E-state index contributed by atoms with van der Waals surface area (Å²) in [7, 11) is 0. The minimum absolute atomic E-state index is 0.0725. The third kappa shape index (κ3) is 3.72. The first-order chi connectivity index (χ1) is 11.1. The van der Waals surface area contributed by atoms with Crippen LogP contribution in [0.3, 0.4) is 0 Å². The zero-order valence-electron chi connectivity index (χ0n) is 13.8. The van der Waals surface area contributed by atoms with E-state index in [1.807, 2.05) is 23.6 Å². The molecule has 0 bridgehead atoms. The molecule has 1 aromatic rings. The van der Waals surface area contributed by atoms with Crippen molar-refractivity contribution >= 4 is 6.03 Å². The number of urea groups is 1. The van der Waals surface area contributed by atoms with Crippen molar-refractivity contribution in [2.75, 3.05) is 39.4 Å². The third-order valence-electron chi connectivity index (χ3n) is 4.14. The molecule has 2 aliphatic rings. The van der Waals surface area contributed by atoms with Crippen LogP contribution >= 0.6 is 0 Å². The average Bonchev–Trinajstić information content (AvgIpc) is 2.78. The lowest BCUT2D eigenvalue weighted by atomic mass is 10.1. The van der Waals surface area contributed by atoms with Crippen LogP contribution in [0.4, 0.5) is 4.79 Å². The number of carbonyl (C=O) groups is 1. The molecule has 2 aliphatic heterocycles. The van der Waals surface area contributed by atoms with Crippen molar-refractivity contribution < 1.29 is 14.3 Å². The van der Waals surface area contributed by atoms with E-state index < -0.39 is 0 Å². The predicted molar refractivity (Wildman–Crippen MR) is 84.6 cm³/mol. The molecule has 7 nitrogen and oxygen atoms in total. The van der Waals surface area contributed by atoms with E-state index in [0.717, 1.165) is 24.1 Å². The zero-order chi connectivity index (χ0) is 16.2. The van der Waals surface area contributed by atoms with Crippen molar-refractivity contribution in [1.29, 1.82) is 0 Å². The van der Waals surface area contributed by atoms with Gasteiger partial charge in [-0.25, -0.2) is 14.8 Å². The van der Waals surface area contributed by atoms with Gasteiger partial charge in [-0.2, -0.15) is 0 Å². The molecule has 0 unspecified atom stereocenters. The van der Waals surface area contributed by atoms with Gasteiger partial charge in [-0.15, -0.1) is 0 Å². The Morgan fingerprint density at radius 2 is 1.83 bits per heavy atom. The molecule has 0 atom stereocenters. The van der Waals surface area contributed by atoms with Gasteiger partial charge in [-0.05, 0) is 20.3 Å². The van der Waals surface area contributed by atoms with Crippen LogP contribution < -0.4 is 4.74 Å². The molecule has 0 aliphatic carbocycles. The monoisotopic (exact) mass is 320 g/mol. The van der Waals surface area contributed by atoms with Gasteiger partial charge in [-0.1, -0.05) is 0 Å². The molecule has 0 spiro atoms. The van der Waals surface area contributed by atoms with Crippen molar-refractivity contribution in [1.82, 2.24) is 19.8 Å².